The van der Waals surface area contributed by atoms with Crippen molar-refractivity contribution in [3.05, 3.63) is 0 Å². The van der Waals surface area contributed by atoms with Crippen molar-refractivity contribution in [3.63, 3.8) is 0 Å². The maximum atomic E-state index is 11.4. The first-order valence-electron chi connectivity index (χ1n) is 4.78. The maximum Gasteiger partial charge on any atom is 0.411 e. The Morgan fingerprint density at radius 1 is 1.79 bits per heavy atom. The van der Waals surface area contributed by atoms with Gasteiger partial charge >= 0.3 is 12.1 Å². The lowest BCUT2D eigenvalue weighted by Gasteiger charge is -2.06. The van der Waals surface area contributed by atoms with Gasteiger partial charge in [-0.15, -0.1) is 0 Å². The number of carbonyl (C=O) groups is 2. The van der Waals surface area contributed by atoms with E-state index in [1.807, 2.05) is 6.92 Å². The molecule has 0 aromatic carbocycles. The second-order valence-electron chi connectivity index (χ2n) is 3.56. The summed E-state index contributed by atoms with van der Waals surface area (Å²) in [6.07, 6.45) is 0.171. The predicted molar refractivity (Wildman–Crippen MR) is 46.6 cm³/mol. The summed E-state index contributed by atoms with van der Waals surface area (Å²) in [6.45, 7) is 4.31. The molecule has 0 radical (unpaired) electrons. The molecule has 0 aromatic heterocycles. The lowest BCUT2D eigenvalue weighted by molar-refractivity contribution is -0.140. The Morgan fingerprint density at radius 3 is 3.00 bits per heavy atom. The minimum absolute atomic E-state index is 0.0865. The normalized spacial score (nSPS) is 34.6. The Kier molecular flexibility index (Phi) is 1.90. The minimum atomic E-state index is -0.702. The van der Waals surface area contributed by atoms with Gasteiger partial charge in [0.1, 0.15) is 0 Å². The van der Waals surface area contributed by atoms with E-state index in [4.69, 9.17) is 9.47 Å². The van der Waals surface area contributed by atoms with Crippen molar-refractivity contribution < 1.29 is 19.1 Å². The number of cyclic esters (lactones) is 1. The van der Waals surface area contributed by atoms with Gasteiger partial charge in [-0.1, -0.05) is 0 Å². The summed E-state index contributed by atoms with van der Waals surface area (Å²) in [5.41, 5.74) is -0.702. The summed E-state index contributed by atoms with van der Waals surface area (Å²) < 4.78 is 9.72. The molecule has 0 N–H and O–H groups in total. The van der Waals surface area contributed by atoms with Gasteiger partial charge in [0.25, 0.3) is 0 Å². The van der Waals surface area contributed by atoms with Crippen LogP contribution in [0, 0.1) is 0 Å². The van der Waals surface area contributed by atoms with Crippen molar-refractivity contribution in [2.45, 2.75) is 31.8 Å². The average molecular weight is 199 g/mol. The zero-order valence-electron chi connectivity index (χ0n) is 8.28. The standard InChI is InChI=1S/C9H13NO4/c1-3-13-8(12)10-6(2)9(10)4-5-14-7(9)11/h6H,3-5H2,1-2H3/t6-,9+,10?/m1/s1. The predicted octanol–water partition coefficient (Wildman–Crippen LogP) is 0.533. The largest absolute Gasteiger partial charge is 0.464 e. The molecule has 2 atom stereocenters. The molecule has 5 heteroatoms. The van der Waals surface area contributed by atoms with Gasteiger partial charge in [-0.05, 0) is 13.8 Å². The van der Waals surface area contributed by atoms with E-state index in [1.165, 1.54) is 4.90 Å². The third-order valence-corrected chi connectivity index (χ3v) is 2.97. The Bertz CT molecular complexity index is 291. The van der Waals surface area contributed by atoms with Crippen LogP contribution in [-0.2, 0) is 14.3 Å². The van der Waals surface area contributed by atoms with Crippen molar-refractivity contribution in [2.24, 2.45) is 0 Å². The molecule has 1 spiro atoms. The highest BCUT2D eigenvalue weighted by atomic mass is 16.6. The fraction of sp³-hybridized carbons (Fsp3) is 0.778. The molecule has 2 saturated heterocycles. The number of hydrogen-bond acceptors (Lipinski definition) is 4. The number of hydrogen-bond donors (Lipinski definition) is 0. The van der Waals surface area contributed by atoms with Gasteiger partial charge in [0.2, 0.25) is 0 Å². The topological polar surface area (TPSA) is 55.6 Å². The van der Waals surface area contributed by atoms with E-state index in [2.05, 4.69) is 0 Å². The van der Waals surface area contributed by atoms with Gasteiger partial charge in [0.05, 0.1) is 19.3 Å². The summed E-state index contributed by atoms with van der Waals surface area (Å²) in [5.74, 6) is -0.293. The molecule has 0 bridgehead atoms. The molecular weight excluding hydrogens is 186 g/mol. The van der Waals surface area contributed by atoms with Crippen LogP contribution in [0.3, 0.4) is 0 Å². The maximum absolute atomic E-state index is 11.4. The minimum Gasteiger partial charge on any atom is -0.464 e. The molecule has 0 unspecified atom stereocenters. The molecule has 2 heterocycles. The first kappa shape index (κ1) is 9.30. The summed E-state index contributed by atoms with van der Waals surface area (Å²) in [6, 6.07) is -0.0865. The number of carbonyl (C=O) groups excluding carboxylic acids is 2. The fourth-order valence-electron chi connectivity index (χ4n) is 2.12. The van der Waals surface area contributed by atoms with Gasteiger partial charge in [-0.2, -0.15) is 0 Å². The van der Waals surface area contributed by atoms with Crippen molar-refractivity contribution in [3.8, 4) is 0 Å². The molecule has 2 fully saturated rings. The van der Waals surface area contributed by atoms with Crippen molar-refractivity contribution in [1.29, 1.82) is 0 Å². The monoisotopic (exact) mass is 199 g/mol. The molecule has 78 valence electrons. The average Bonchev–Trinajstić information content (AvgIpc) is 2.53. The Labute approximate surface area is 82.0 Å². The second kappa shape index (κ2) is 2.87. The van der Waals surface area contributed by atoms with Crippen LogP contribution >= 0.6 is 0 Å². The van der Waals surface area contributed by atoms with Gasteiger partial charge in [0.15, 0.2) is 5.54 Å². The van der Waals surface area contributed by atoms with E-state index in [-0.39, 0.29) is 12.0 Å². The number of amides is 1. The molecular formula is C9H13NO4. The van der Waals surface area contributed by atoms with E-state index in [9.17, 15) is 9.59 Å². The third-order valence-electron chi connectivity index (χ3n) is 2.97. The lowest BCUT2D eigenvalue weighted by Crippen LogP contribution is -2.28. The van der Waals surface area contributed by atoms with Crippen LogP contribution in [0.4, 0.5) is 4.79 Å². The summed E-state index contributed by atoms with van der Waals surface area (Å²) in [5, 5.41) is 0. The summed E-state index contributed by atoms with van der Waals surface area (Å²) in [7, 11) is 0. The zero-order valence-corrected chi connectivity index (χ0v) is 8.28. The number of ether oxygens (including phenoxy) is 2. The Balaban J connectivity index is 2.11. The Morgan fingerprint density at radius 2 is 2.50 bits per heavy atom. The van der Waals surface area contributed by atoms with Crippen molar-refractivity contribution in [2.75, 3.05) is 13.2 Å². The summed E-state index contributed by atoms with van der Waals surface area (Å²) in [4.78, 5) is 24.3. The molecule has 5 nitrogen and oxygen atoms in total. The van der Waals surface area contributed by atoms with E-state index in [0.29, 0.717) is 19.6 Å². The van der Waals surface area contributed by atoms with Gasteiger partial charge < -0.3 is 9.47 Å². The highest BCUT2D eigenvalue weighted by Crippen LogP contribution is 2.48. The highest BCUT2D eigenvalue weighted by molar-refractivity contribution is 5.94. The SMILES string of the molecule is CCOC(=O)N1[C@H](C)[C@]12CCOC2=O. The smallest absolute Gasteiger partial charge is 0.411 e. The second-order valence-corrected chi connectivity index (χ2v) is 3.56. The van der Waals surface area contributed by atoms with Crippen LogP contribution in [0.2, 0.25) is 0 Å². The van der Waals surface area contributed by atoms with E-state index in [0.717, 1.165) is 0 Å². The first-order chi connectivity index (χ1) is 6.64. The Hall–Kier alpha value is -1.26. The fourth-order valence-corrected chi connectivity index (χ4v) is 2.12. The quantitative estimate of drug-likeness (QED) is 0.456. The van der Waals surface area contributed by atoms with Gasteiger partial charge in [-0.25, -0.2) is 9.59 Å². The number of esters is 1. The van der Waals surface area contributed by atoms with Crippen LogP contribution in [0.25, 0.3) is 0 Å². The first-order valence-corrected chi connectivity index (χ1v) is 4.78. The number of nitrogens with zero attached hydrogens (tertiary/aromatic N) is 1. The molecule has 14 heavy (non-hydrogen) atoms. The van der Waals surface area contributed by atoms with Gasteiger partial charge in [0, 0.05) is 6.42 Å². The zero-order chi connectivity index (χ0) is 10.3. The van der Waals surface area contributed by atoms with E-state index >= 15 is 0 Å². The number of rotatable bonds is 1. The highest BCUT2D eigenvalue weighted by Gasteiger charge is 2.71. The molecule has 0 aliphatic carbocycles. The molecule has 2 aliphatic heterocycles. The molecule has 0 saturated carbocycles. The molecule has 0 aromatic rings. The van der Waals surface area contributed by atoms with Crippen LogP contribution in [0.1, 0.15) is 20.3 Å². The molecule has 2 rings (SSSR count). The molecule has 2 aliphatic rings. The summed E-state index contributed by atoms with van der Waals surface area (Å²) >= 11 is 0. The van der Waals surface area contributed by atoms with E-state index < -0.39 is 11.6 Å². The van der Waals surface area contributed by atoms with Crippen LogP contribution in [-0.4, -0.2) is 41.8 Å². The molecule has 1 amide bonds. The van der Waals surface area contributed by atoms with Crippen molar-refractivity contribution >= 4 is 12.1 Å². The van der Waals surface area contributed by atoms with E-state index in [1.54, 1.807) is 6.92 Å². The van der Waals surface area contributed by atoms with Crippen LogP contribution in [0.15, 0.2) is 0 Å². The van der Waals surface area contributed by atoms with Gasteiger partial charge in [-0.3, -0.25) is 4.90 Å². The van der Waals surface area contributed by atoms with Crippen molar-refractivity contribution in [1.82, 2.24) is 4.90 Å². The lowest BCUT2D eigenvalue weighted by atomic mass is 10.1. The van der Waals surface area contributed by atoms with Crippen LogP contribution < -0.4 is 0 Å². The third kappa shape index (κ3) is 0.951. The van der Waals surface area contributed by atoms with Crippen LogP contribution in [0.5, 0.6) is 0 Å².